The number of piperazine rings is 1. The quantitative estimate of drug-likeness (QED) is 0.708. The zero-order chi connectivity index (χ0) is 23.0. The Bertz CT molecular complexity index is 917. The Labute approximate surface area is 197 Å². The van der Waals surface area contributed by atoms with Gasteiger partial charge in [-0.1, -0.05) is 42.5 Å². The molecule has 0 spiro atoms. The molecule has 2 saturated heterocycles. The van der Waals surface area contributed by atoms with Crippen molar-refractivity contribution < 1.29 is 9.59 Å². The van der Waals surface area contributed by atoms with Crippen molar-refractivity contribution in [2.75, 3.05) is 50.7 Å². The second kappa shape index (κ2) is 11.3. The lowest BCUT2D eigenvalue weighted by molar-refractivity contribution is -0.133. The van der Waals surface area contributed by atoms with Gasteiger partial charge in [-0.05, 0) is 49.4 Å². The number of piperidine rings is 1. The lowest BCUT2D eigenvalue weighted by Gasteiger charge is -2.38. The summed E-state index contributed by atoms with van der Waals surface area (Å²) in [5.41, 5.74) is 3.71. The maximum Gasteiger partial charge on any atom is 0.236 e. The third-order valence-electron chi connectivity index (χ3n) is 6.79. The van der Waals surface area contributed by atoms with Crippen molar-refractivity contribution in [3.63, 3.8) is 0 Å². The largest absolute Gasteiger partial charge is 0.368 e. The first-order chi connectivity index (χ1) is 16.1. The van der Waals surface area contributed by atoms with E-state index < -0.39 is 0 Å². The number of hydrogen-bond donors (Lipinski definition) is 1. The highest BCUT2D eigenvalue weighted by Crippen LogP contribution is 2.18. The number of carbonyl (C=O) groups is 2. The van der Waals surface area contributed by atoms with E-state index in [0.29, 0.717) is 13.0 Å². The van der Waals surface area contributed by atoms with Crippen molar-refractivity contribution in [3.8, 4) is 0 Å². The Hall–Kier alpha value is -2.86. The van der Waals surface area contributed by atoms with Crippen LogP contribution < -0.4 is 10.2 Å². The van der Waals surface area contributed by atoms with Crippen LogP contribution in [0, 0.1) is 6.92 Å². The summed E-state index contributed by atoms with van der Waals surface area (Å²) < 4.78 is 0. The Morgan fingerprint density at radius 1 is 0.909 bits per heavy atom. The number of likely N-dealkylation sites (tertiary alicyclic amines) is 1. The first kappa shape index (κ1) is 23.3. The summed E-state index contributed by atoms with van der Waals surface area (Å²) in [5, 5.41) is 3.18. The molecule has 2 aromatic carbocycles. The molecule has 1 N–H and O–H groups in total. The highest BCUT2D eigenvalue weighted by molar-refractivity contribution is 5.78. The van der Waals surface area contributed by atoms with E-state index in [1.807, 2.05) is 23.1 Å². The molecule has 2 amide bonds. The van der Waals surface area contributed by atoms with Crippen molar-refractivity contribution in [2.45, 2.75) is 38.6 Å². The second-order valence-corrected chi connectivity index (χ2v) is 9.31. The summed E-state index contributed by atoms with van der Waals surface area (Å²) in [4.78, 5) is 31.8. The van der Waals surface area contributed by atoms with E-state index in [4.69, 9.17) is 0 Å². The van der Waals surface area contributed by atoms with Gasteiger partial charge in [0.2, 0.25) is 11.8 Å². The molecule has 2 aliphatic rings. The molecule has 2 heterocycles. The SMILES string of the molecule is Cc1cccc(N2CCN(C(=O)CN3CCC(NC(=O)CCc4ccccc4)CC3)CC2)c1. The monoisotopic (exact) mass is 448 g/mol. The van der Waals surface area contributed by atoms with Crippen LogP contribution in [0.4, 0.5) is 5.69 Å². The normalized spacial score (nSPS) is 17.7. The van der Waals surface area contributed by atoms with Gasteiger partial charge < -0.3 is 15.1 Å². The van der Waals surface area contributed by atoms with Crippen molar-refractivity contribution in [2.24, 2.45) is 0 Å². The summed E-state index contributed by atoms with van der Waals surface area (Å²) in [6.07, 6.45) is 3.12. The molecule has 0 unspecified atom stereocenters. The van der Waals surface area contributed by atoms with Crippen LogP contribution in [0.5, 0.6) is 0 Å². The molecule has 0 atom stereocenters. The fraction of sp³-hybridized carbons (Fsp3) is 0.481. The third kappa shape index (κ3) is 6.81. The Morgan fingerprint density at radius 3 is 2.33 bits per heavy atom. The molecule has 0 radical (unpaired) electrons. The van der Waals surface area contributed by atoms with Gasteiger partial charge in [-0.3, -0.25) is 14.5 Å². The van der Waals surface area contributed by atoms with Crippen molar-refractivity contribution in [1.82, 2.24) is 15.1 Å². The summed E-state index contributed by atoms with van der Waals surface area (Å²) in [5.74, 6) is 0.351. The standard InChI is InChI=1S/C27H36N4O2/c1-22-6-5-9-25(20-22)30-16-18-31(19-17-30)27(33)21-29-14-12-24(13-15-29)28-26(32)11-10-23-7-3-2-4-8-23/h2-9,20,24H,10-19,21H2,1H3,(H,28,32). The lowest BCUT2D eigenvalue weighted by atomic mass is 10.0. The van der Waals surface area contributed by atoms with Crippen LogP contribution in [0.2, 0.25) is 0 Å². The Morgan fingerprint density at radius 2 is 1.64 bits per heavy atom. The zero-order valence-corrected chi connectivity index (χ0v) is 19.7. The van der Waals surface area contributed by atoms with E-state index in [9.17, 15) is 9.59 Å². The first-order valence-corrected chi connectivity index (χ1v) is 12.2. The van der Waals surface area contributed by atoms with Gasteiger partial charge in [0.05, 0.1) is 6.54 Å². The maximum atomic E-state index is 12.8. The van der Waals surface area contributed by atoms with Gasteiger partial charge in [-0.15, -0.1) is 0 Å². The Kier molecular flexibility index (Phi) is 8.00. The fourth-order valence-corrected chi connectivity index (χ4v) is 4.77. The molecule has 2 fully saturated rings. The minimum absolute atomic E-state index is 0.125. The summed E-state index contributed by atoms with van der Waals surface area (Å²) in [7, 11) is 0. The van der Waals surface area contributed by atoms with Gasteiger partial charge >= 0.3 is 0 Å². The Balaban J connectivity index is 1.13. The molecule has 2 aliphatic heterocycles. The van der Waals surface area contributed by atoms with E-state index in [-0.39, 0.29) is 17.9 Å². The minimum Gasteiger partial charge on any atom is -0.368 e. The average Bonchev–Trinajstić information content (AvgIpc) is 2.85. The molecule has 0 aliphatic carbocycles. The maximum absolute atomic E-state index is 12.8. The van der Waals surface area contributed by atoms with Crippen LogP contribution in [-0.4, -0.2) is 73.5 Å². The zero-order valence-electron chi connectivity index (χ0n) is 19.7. The summed E-state index contributed by atoms with van der Waals surface area (Å²) in [6.45, 7) is 7.64. The number of anilines is 1. The topological polar surface area (TPSA) is 55.9 Å². The molecule has 0 aromatic heterocycles. The van der Waals surface area contributed by atoms with Crippen LogP contribution in [0.3, 0.4) is 0 Å². The second-order valence-electron chi connectivity index (χ2n) is 9.31. The van der Waals surface area contributed by atoms with Gasteiger partial charge in [0, 0.05) is 57.4 Å². The van der Waals surface area contributed by atoms with Gasteiger partial charge in [-0.2, -0.15) is 0 Å². The van der Waals surface area contributed by atoms with Gasteiger partial charge in [0.25, 0.3) is 0 Å². The molecular formula is C27H36N4O2. The van der Waals surface area contributed by atoms with E-state index in [1.165, 1.54) is 16.8 Å². The number of hydrogen-bond acceptors (Lipinski definition) is 4. The molecule has 2 aromatic rings. The van der Waals surface area contributed by atoms with Crippen molar-refractivity contribution >= 4 is 17.5 Å². The summed E-state index contributed by atoms with van der Waals surface area (Å²) >= 11 is 0. The number of carbonyl (C=O) groups excluding carboxylic acids is 2. The van der Waals surface area contributed by atoms with Crippen LogP contribution in [-0.2, 0) is 16.0 Å². The minimum atomic E-state index is 0.125. The molecular weight excluding hydrogens is 412 g/mol. The molecule has 6 heteroatoms. The van der Waals surface area contributed by atoms with Crippen LogP contribution >= 0.6 is 0 Å². The molecule has 33 heavy (non-hydrogen) atoms. The van der Waals surface area contributed by atoms with Crippen molar-refractivity contribution in [1.29, 1.82) is 0 Å². The first-order valence-electron chi connectivity index (χ1n) is 12.2. The fourth-order valence-electron chi connectivity index (χ4n) is 4.77. The number of amides is 2. The number of benzene rings is 2. The van der Waals surface area contributed by atoms with E-state index in [2.05, 4.69) is 58.4 Å². The lowest BCUT2D eigenvalue weighted by Crippen LogP contribution is -2.52. The number of aryl methyl sites for hydroxylation is 2. The van der Waals surface area contributed by atoms with Gasteiger partial charge in [0.15, 0.2) is 0 Å². The number of nitrogens with zero attached hydrogens (tertiary/aromatic N) is 3. The van der Waals surface area contributed by atoms with E-state index >= 15 is 0 Å². The van der Waals surface area contributed by atoms with E-state index in [1.54, 1.807) is 0 Å². The predicted molar refractivity (Wildman–Crippen MR) is 132 cm³/mol. The average molecular weight is 449 g/mol. The number of rotatable bonds is 7. The molecule has 6 nitrogen and oxygen atoms in total. The third-order valence-corrected chi connectivity index (χ3v) is 6.79. The van der Waals surface area contributed by atoms with Gasteiger partial charge in [0.1, 0.15) is 0 Å². The molecule has 0 bridgehead atoms. The van der Waals surface area contributed by atoms with Crippen LogP contribution in [0.1, 0.15) is 30.4 Å². The van der Waals surface area contributed by atoms with Crippen molar-refractivity contribution in [3.05, 3.63) is 65.7 Å². The van der Waals surface area contributed by atoms with Gasteiger partial charge in [-0.25, -0.2) is 0 Å². The smallest absolute Gasteiger partial charge is 0.236 e. The molecule has 176 valence electrons. The highest BCUT2D eigenvalue weighted by atomic mass is 16.2. The molecule has 4 rings (SSSR count). The molecule has 0 saturated carbocycles. The van der Waals surface area contributed by atoms with Crippen LogP contribution in [0.25, 0.3) is 0 Å². The summed E-state index contributed by atoms with van der Waals surface area (Å²) in [6, 6.07) is 18.9. The van der Waals surface area contributed by atoms with Crippen LogP contribution in [0.15, 0.2) is 54.6 Å². The van der Waals surface area contributed by atoms with E-state index in [0.717, 1.165) is 58.5 Å². The number of nitrogens with one attached hydrogen (secondary N) is 1. The highest BCUT2D eigenvalue weighted by Gasteiger charge is 2.26. The predicted octanol–water partition coefficient (Wildman–Crippen LogP) is 2.86.